The number of carbonyl (C=O) groups is 3. The van der Waals surface area contributed by atoms with Gasteiger partial charge in [-0.1, -0.05) is 59.1 Å². The lowest BCUT2D eigenvalue weighted by Gasteiger charge is -2.27. The molecule has 3 aromatic rings. The average Bonchev–Trinajstić information content (AvgIpc) is 2.79. The van der Waals surface area contributed by atoms with Gasteiger partial charge in [-0.25, -0.2) is 9.69 Å². The van der Waals surface area contributed by atoms with E-state index in [0.717, 1.165) is 10.5 Å². The fourth-order valence-electron chi connectivity index (χ4n) is 4.25. The molecule has 6 nitrogen and oxygen atoms in total. The first-order chi connectivity index (χ1) is 16.7. The largest absolute Gasteiger partial charge is 0.496 e. The molecule has 3 aromatic carbocycles. The normalized spacial score (nSPS) is 14.9. The molecule has 4 rings (SSSR count). The zero-order valence-corrected chi connectivity index (χ0v) is 20.7. The standard InChI is InChI=1S/C28H25ClN2O4/c1-16-9-17(2)11-20(10-16)12-21-7-6-19(14-25(21)35-4)13-23-26(32)30-28(34)31(27(23)33)24-15-22(29)8-5-18(24)3/h5-11,13-15H,12H2,1-4H3,(H,30,32,34)/b23-13+. The minimum Gasteiger partial charge on any atom is -0.496 e. The molecule has 1 N–H and O–H groups in total. The smallest absolute Gasteiger partial charge is 0.335 e. The third-order valence-electron chi connectivity index (χ3n) is 5.81. The van der Waals surface area contributed by atoms with Crippen LogP contribution in [0.5, 0.6) is 5.75 Å². The molecule has 1 heterocycles. The summed E-state index contributed by atoms with van der Waals surface area (Å²) in [6.07, 6.45) is 2.14. The van der Waals surface area contributed by atoms with Gasteiger partial charge in [0.1, 0.15) is 11.3 Å². The van der Waals surface area contributed by atoms with E-state index in [2.05, 4.69) is 37.4 Å². The molecule has 0 aliphatic carbocycles. The van der Waals surface area contributed by atoms with Crippen LogP contribution in [-0.2, 0) is 16.0 Å². The van der Waals surface area contributed by atoms with E-state index in [-0.39, 0.29) is 5.57 Å². The van der Waals surface area contributed by atoms with Crippen LogP contribution < -0.4 is 15.0 Å². The number of urea groups is 1. The van der Waals surface area contributed by atoms with Crippen molar-refractivity contribution < 1.29 is 19.1 Å². The van der Waals surface area contributed by atoms with Crippen molar-refractivity contribution in [3.05, 3.63) is 98.6 Å². The molecule has 1 saturated heterocycles. The van der Waals surface area contributed by atoms with E-state index in [9.17, 15) is 14.4 Å². The molecule has 7 heteroatoms. The highest BCUT2D eigenvalue weighted by molar-refractivity contribution is 6.39. The summed E-state index contributed by atoms with van der Waals surface area (Å²) in [7, 11) is 1.58. The van der Waals surface area contributed by atoms with Gasteiger partial charge < -0.3 is 4.74 Å². The van der Waals surface area contributed by atoms with Crippen LogP contribution in [0, 0.1) is 20.8 Å². The first kappa shape index (κ1) is 24.2. The molecule has 0 unspecified atom stereocenters. The number of carbonyl (C=O) groups excluding carboxylic acids is 3. The van der Waals surface area contributed by atoms with Crippen LogP contribution in [-0.4, -0.2) is 25.0 Å². The lowest BCUT2D eigenvalue weighted by Crippen LogP contribution is -2.54. The quantitative estimate of drug-likeness (QED) is 0.378. The fourth-order valence-corrected chi connectivity index (χ4v) is 4.42. The Hall–Kier alpha value is -3.90. The Kier molecular flexibility index (Phi) is 6.76. The van der Waals surface area contributed by atoms with Crippen molar-refractivity contribution in [3.63, 3.8) is 0 Å². The van der Waals surface area contributed by atoms with Gasteiger partial charge in [-0.05, 0) is 67.3 Å². The van der Waals surface area contributed by atoms with Crippen molar-refractivity contribution in [2.45, 2.75) is 27.2 Å². The second-order valence-corrected chi connectivity index (χ2v) is 9.07. The first-order valence-corrected chi connectivity index (χ1v) is 11.5. The molecule has 1 aliphatic rings. The summed E-state index contributed by atoms with van der Waals surface area (Å²) < 4.78 is 5.60. The van der Waals surface area contributed by atoms with Crippen LogP contribution in [0.15, 0.2) is 60.2 Å². The van der Waals surface area contributed by atoms with E-state index in [0.29, 0.717) is 34.0 Å². The molecule has 0 spiro atoms. The zero-order valence-electron chi connectivity index (χ0n) is 19.9. The van der Waals surface area contributed by atoms with Crippen molar-refractivity contribution in [2.24, 2.45) is 0 Å². The van der Waals surface area contributed by atoms with E-state index < -0.39 is 17.8 Å². The highest BCUT2D eigenvalue weighted by Crippen LogP contribution is 2.29. The number of methoxy groups -OCH3 is 1. The highest BCUT2D eigenvalue weighted by Gasteiger charge is 2.37. The number of imide groups is 2. The van der Waals surface area contributed by atoms with Crippen LogP contribution in [0.25, 0.3) is 6.08 Å². The summed E-state index contributed by atoms with van der Waals surface area (Å²) in [5, 5.41) is 2.62. The molecule has 0 atom stereocenters. The van der Waals surface area contributed by atoms with E-state index in [1.165, 1.54) is 28.8 Å². The number of rotatable bonds is 5. The average molecular weight is 489 g/mol. The predicted octanol–water partition coefficient (Wildman–Crippen LogP) is 5.53. The van der Waals surface area contributed by atoms with Crippen molar-refractivity contribution >= 4 is 41.2 Å². The molecular formula is C28H25ClN2O4. The van der Waals surface area contributed by atoms with Gasteiger partial charge in [-0.15, -0.1) is 0 Å². The summed E-state index contributed by atoms with van der Waals surface area (Å²) >= 11 is 6.08. The second kappa shape index (κ2) is 9.76. The predicted molar refractivity (Wildman–Crippen MR) is 137 cm³/mol. The lowest BCUT2D eigenvalue weighted by atomic mass is 9.98. The number of nitrogens with zero attached hydrogens (tertiary/aromatic N) is 1. The highest BCUT2D eigenvalue weighted by atomic mass is 35.5. The molecule has 0 saturated carbocycles. The Balaban J connectivity index is 1.68. The van der Waals surface area contributed by atoms with E-state index >= 15 is 0 Å². The van der Waals surface area contributed by atoms with Crippen LogP contribution in [0.1, 0.15) is 33.4 Å². The monoisotopic (exact) mass is 488 g/mol. The van der Waals surface area contributed by atoms with Crippen LogP contribution in [0.4, 0.5) is 10.5 Å². The van der Waals surface area contributed by atoms with E-state index in [1.54, 1.807) is 32.2 Å². The molecule has 1 fully saturated rings. The van der Waals surface area contributed by atoms with Crippen molar-refractivity contribution in [2.75, 3.05) is 12.0 Å². The number of halogens is 1. The molecule has 0 radical (unpaired) electrons. The molecule has 0 bridgehead atoms. The fraction of sp³-hybridized carbons (Fsp3) is 0.179. The molecule has 35 heavy (non-hydrogen) atoms. The first-order valence-electron chi connectivity index (χ1n) is 11.1. The van der Waals surface area contributed by atoms with Gasteiger partial charge >= 0.3 is 6.03 Å². The number of benzene rings is 3. The van der Waals surface area contributed by atoms with E-state index in [1.807, 2.05) is 12.1 Å². The van der Waals surface area contributed by atoms with Crippen LogP contribution >= 0.6 is 11.6 Å². The van der Waals surface area contributed by atoms with Gasteiger partial charge in [-0.3, -0.25) is 14.9 Å². The molecule has 4 amide bonds. The minimum atomic E-state index is -0.816. The Morgan fingerprint density at radius 1 is 0.943 bits per heavy atom. The van der Waals surface area contributed by atoms with Gasteiger partial charge in [0.15, 0.2) is 0 Å². The summed E-state index contributed by atoms with van der Waals surface area (Å²) in [5.74, 6) is -0.836. The third kappa shape index (κ3) is 5.12. The van der Waals surface area contributed by atoms with Gasteiger partial charge in [0.25, 0.3) is 11.8 Å². The maximum absolute atomic E-state index is 13.2. The summed E-state index contributed by atoms with van der Waals surface area (Å²) in [6.45, 7) is 5.88. The number of aryl methyl sites for hydroxylation is 3. The topological polar surface area (TPSA) is 75.7 Å². The Bertz CT molecular complexity index is 1370. The van der Waals surface area contributed by atoms with Crippen molar-refractivity contribution in [3.8, 4) is 5.75 Å². The molecule has 1 aliphatic heterocycles. The zero-order chi connectivity index (χ0) is 25.3. The minimum absolute atomic E-state index is 0.159. The Morgan fingerprint density at radius 3 is 2.34 bits per heavy atom. The summed E-state index contributed by atoms with van der Waals surface area (Å²) in [6, 6.07) is 16.0. The number of anilines is 1. The molecular weight excluding hydrogens is 464 g/mol. The molecule has 0 aromatic heterocycles. The number of amides is 4. The Morgan fingerprint density at radius 2 is 1.66 bits per heavy atom. The van der Waals surface area contributed by atoms with Gasteiger partial charge in [-0.2, -0.15) is 0 Å². The number of hydrogen-bond donors (Lipinski definition) is 1. The SMILES string of the molecule is COc1cc(/C=C2\C(=O)NC(=O)N(c3cc(Cl)ccc3C)C2=O)ccc1Cc1cc(C)cc(C)c1. The van der Waals surface area contributed by atoms with Crippen molar-refractivity contribution in [1.82, 2.24) is 5.32 Å². The van der Waals surface area contributed by atoms with Crippen LogP contribution in [0.3, 0.4) is 0 Å². The number of barbiturate groups is 1. The lowest BCUT2D eigenvalue weighted by molar-refractivity contribution is -0.122. The number of hydrogen-bond acceptors (Lipinski definition) is 4. The van der Waals surface area contributed by atoms with E-state index in [4.69, 9.17) is 16.3 Å². The van der Waals surface area contributed by atoms with Crippen molar-refractivity contribution in [1.29, 1.82) is 0 Å². The van der Waals surface area contributed by atoms with Gasteiger partial charge in [0.2, 0.25) is 0 Å². The Labute approximate surface area is 209 Å². The number of ether oxygens (including phenoxy) is 1. The summed E-state index contributed by atoms with van der Waals surface area (Å²) in [4.78, 5) is 39.3. The second-order valence-electron chi connectivity index (χ2n) is 8.63. The maximum Gasteiger partial charge on any atom is 0.335 e. The molecule has 178 valence electrons. The van der Waals surface area contributed by atoms with Gasteiger partial charge in [0.05, 0.1) is 12.8 Å². The van der Waals surface area contributed by atoms with Gasteiger partial charge in [0, 0.05) is 11.4 Å². The summed E-state index contributed by atoms with van der Waals surface area (Å²) in [5.41, 5.74) is 5.95. The van der Waals surface area contributed by atoms with Crippen LogP contribution in [0.2, 0.25) is 5.02 Å². The third-order valence-corrected chi connectivity index (χ3v) is 6.05. The number of nitrogens with one attached hydrogen (secondary N) is 1. The maximum atomic E-state index is 13.2.